The van der Waals surface area contributed by atoms with Crippen LogP contribution in [0, 0.1) is 0 Å². The molecule has 0 radical (unpaired) electrons. The van der Waals surface area contributed by atoms with Gasteiger partial charge in [-0.05, 0) is 24.5 Å². The molecule has 0 bridgehead atoms. The van der Waals surface area contributed by atoms with Gasteiger partial charge in [0.1, 0.15) is 0 Å². The SMILES string of the molecule is OC(CCc1ccccc1)c1cc(Cl)cs1. The van der Waals surface area contributed by atoms with E-state index in [0.717, 1.165) is 17.7 Å². The molecule has 0 spiro atoms. The molecular weight excluding hydrogens is 240 g/mol. The van der Waals surface area contributed by atoms with E-state index >= 15 is 0 Å². The molecule has 1 atom stereocenters. The van der Waals surface area contributed by atoms with Gasteiger partial charge in [0.05, 0.1) is 11.1 Å². The molecule has 0 saturated heterocycles. The third kappa shape index (κ3) is 3.08. The van der Waals surface area contributed by atoms with Gasteiger partial charge in [-0.25, -0.2) is 0 Å². The Kier molecular flexibility index (Phi) is 3.99. The Hall–Kier alpha value is -0.830. The summed E-state index contributed by atoms with van der Waals surface area (Å²) in [7, 11) is 0. The van der Waals surface area contributed by atoms with Gasteiger partial charge in [-0.15, -0.1) is 11.3 Å². The number of hydrogen-bond acceptors (Lipinski definition) is 2. The lowest BCUT2D eigenvalue weighted by molar-refractivity contribution is 0.171. The van der Waals surface area contributed by atoms with Crippen LogP contribution in [0.3, 0.4) is 0 Å². The lowest BCUT2D eigenvalue weighted by atomic mass is 10.1. The van der Waals surface area contributed by atoms with Crippen molar-refractivity contribution in [2.24, 2.45) is 0 Å². The molecule has 0 saturated carbocycles. The van der Waals surface area contributed by atoms with Crippen molar-refractivity contribution in [3.63, 3.8) is 0 Å². The molecule has 2 aromatic rings. The fourth-order valence-corrected chi connectivity index (χ4v) is 2.70. The van der Waals surface area contributed by atoms with Crippen LogP contribution >= 0.6 is 22.9 Å². The molecule has 1 nitrogen and oxygen atoms in total. The highest BCUT2D eigenvalue weighted by Crippen LogP contribution is 2.27. The fraction of sp³-hybridized carbons (Fsp3) is 0.231. The smallest absolute Gasteiger partial charge is 0.0885 e. The van der Waals surface area contributed by atoms with Gasteiger partial charge in [-0.1, -0.05) is 41.9 Å². The van der Waals surface area contributed by atoms with Crippen LogP contribution in [0.15, 0.2) is 41.8 Å². The number of thiophene rings is 1. The maximum atomic E-state index is 9.95. The quantitative estimate of drug-likeness (QED) is 0.870. The molecule has 16 heavy (non-hydrogen) atoms. The summed E-state index contributed by atoms with van der Waals surface area (Å²) in [5.41, 5.74) is 1.25. The van der Waals surface area contributed by atoms with Crippen molar-refractivity contribution in [2.45, 2.75) is 18.9 Å². The van der Waals surface area contributed by atoms with Gasteiger partial charge >= 0.3 is 0 Å². The van der Waals surface area contributed by atoms with E-state index in [0.29, 0.717) is 5.02 Å². The molecule has 84 valence electrons. The lowest BCUT2D eigenvalue weighted by Gasteiger charge is -2.07. The van der Waals surface area contributed by atoms with Crippen molar-refractivity contribution in [1.82, 2.24) is 0 Å². The third-order valence-corrected chi connectivity index (χ3v) is 3.85. The summed E-state index contributed by atoms with van der Waals surface area (Å²) in [6.07, 6.45) is 1.22. The van der Waals surface area contributed by atoms with Crippen LogP contribution in [0.1, 0.15) is 23.0 Å². The monoisotopic (exact) mass is 252 g/mol. The van der Waals surface area contributed by atoms with Crippen LogP contribution < -0.4 is 0 Å². The number of aryl methyl sites for hydroxylation is 1. The van der Waals surface area contributed by atoms with E-state index < -0.39 is 6.10 Å². The Labute approximate surface area is 104 Å². The highest BCUT2D eigenvalue weighted by Gasteiger charge is 2.09. The first-order valence-corrected chi connectivity index (χ1v) is 6.47. The summed E-state index contributed by atoms with van der Waals surface area (Å²) in [5.74, 6) is 0. The minimum absolute atomic E-state index is 0.405. The molecule has 1 N–H and O–H groups in total. The summed E-state index contributed by atoms with van der Waals surface area (Å²) in [6, 6.07) is 12.0. The predicted molar refractivity (Wildman–Crippen MR) is 69.1 cm³/mol. The summed E-state index contributed by atoms with van der Waals surface area (Å²) in [4.78, 5) is 0.945. The Morgan fingerprint density at radius 1 is 1.25 bits per heavy atom. The van der Waals surface area contributed by atoms with E-state index in [1.54, 1.807) is 0 Å². The molecule has 0 aliphatic carbocycles. The number of aliphatic hydroxyl groups is 1. The number of rotatable bonds is 4. The molecule has 2 rings (SSSR count). The average Bonchev–Trinajstić information content (AvgIpc) is 2.74. The van der Waals surface area contributed by atoms with Crippen molar-refractivity contribution >= 4 is 22.9 Å². The van der Waals surface area contributed by atoms with E-state index in [1.165, 1.54) is 16.9 Å². The number of aliphatic hydroxyl groups excluding tert-OH is 1. The van der Waals surface area contributed by atoms with Crippen molar-refractivity contribution in [3.8, 4) is 0 Å². The number of hydrogen-bond donors (Lipinski definition) is 1. The van der Waals surface area contributed by atoms with Crippen molar-refractivity contribution < 1.29 is 5.11 Å². The second kappa shape index (κ2) is 5.48. The molecule has 3 heteroatoms. The van der Waals surface area contributed by atoms with Crippen molar-refractivity contribution in [1.29, 1.82) is 0 Å². The first-order chi connectivity index (χ1) is 7.75. The summed E-state index contributed by atoms with van der Waals surface area (Å²) in [6.45, 7) is 0. The topological polar surface area (TPSA) is 20.2 Å². The van der Waals surface area contributed by atoms with Crippen LogP contribution in [-0.4, -0.2) is 5.11 Å². The number of halogens is 1. The van der Waals surface area contributed by atoms with Gasteiger partial charge in [0.25, 0.3) is 0 Å². The zero-order valence-corrected chi connectivity index (χ0v) is 10.3. The van der Waals surface area contributed by atoms with Crippen LogP contribution in [-0.2, 0) is 6.42 Å². The van der Waals surface area contributed by atoms with E-state index in [4.69, 9.17) is 11.6 Å². The molecule has 0 aliphatic rings. The summed E-state index contributed by atoms with van der Waals surface area (Å²) >= 11 is 7.33. The molecule has 1 heterocycles. The van der Waals surface area contributed by atoms with E-state index in [1.807, 2.05) is 29.6 Å². The van der Waals surface area contributed by atoms with Crippen LogP contribution in [0.5, 0.6) is 0 Å². The summed E-state index contributed by atoms with van der Waals surface area (Å²) in [5, 5.41) is 12.5. The zero-order chi connectivity index (χ0) is 11.4. The average molecular weight is 253 g/mol. The molecular formula is C13H13ClOS. The Morgan fingerprint density at radius 3 is 2.62 bits per heavy atom. The van der Waals surface area contributed by atoms with Crippen molar-refractivity contribution in [3.05, 3.63) is 57.2 Å². The maximum absolute atomic E-state index is 9.95. The van der Waals surface area contributed by atoms with Gasteiger partial charge in [0.15, 0.2) is 0 Å². The molecule has 0 amide bonds. The molecule has 1 aromatic carbocycles. The van der Waals surface area contributed by atoms with E-state index in [2.05, 4.69) is 12.1 Å². The summed E-state index contributed by atoms with van der Waals surface area (Å²) < 4.78 is 0. The minimum atomic E-state index is -0.405. The van der Waals surface area contributed by atoms with Gasteiger partial charge in [0, 0.05) is 10.3 Å². The highest BCUT2D eigenvalue weighted by molar-refractivity contribution is 7.10. The molecule has 1 unspecified atom stereocenters. The number of benzene rings is 1. The van der Waals surface area contributed by atoms with Crippen LogP contribution in [0.25, 0.3) is 0 Å². The van der Waals surface area contributed by atoms with Gasteiger partial charge in [-0.3, -0.25) is 0 Å². The zero-order valence-electron chi connectivity index (χ0n) is 8.77. The van der Waals surface area contributed by atoms with Crippen LogP contribution in [0.2, 0.25) is 5.02 Å². The van der Waals surface area contributed by atoms with E-state index in [9.17, 15) is 5.11 Å². The Morgan fingerprint density at radius 2 is 2.00 bits per heavy atom. The van der Waals surface area contributed by atoms with E-state index in [-0.39, 0.29) is 0 Å². The fourth-order valence-electron chi connectivity index (χ4n) is 1.59. The minimum Gasteiger partial charge on any atom is -0.388 e. The molecule has 1 aromatic heterocycles. The molecule has 0 aliphatic heterocycles. The normalized spacial score (nSPS) is 12.6. The third-order valence-electron chi connectivity index (χ3n) is 2.47. The lowest BCUT2D eigenvalue weighted by Crippen LogP contribution is -1.97. The standard InChI is InChI=1S/C13H13ClOS/c14-11-8-13(16-9-11)12(15)7-6-10-4-2-1-3-5-10/h1-5,8-9,12,15H,6-7H2. The van der Waals surface area contributed by atoms with Gasteiger partial charge in [0.2, 0.25) is 0 Å². The van der Waals surface area contributed by atoms with Gasteiger partial charge in [-0.2, -0.15) is 0 Å². The second-order valence-electron chi connectivity index (χ2n) is 3.71. The Balaban J connectivity index is 1.91. The molecule has 0 fully saturated rings. The Bertz CT molecular complexity index is 438. The predicted octanol–water partition coefficient (Wildman–Crippen LogP) is 4.07. The second-order valence-corrected chi connectivity index (χ2v) is 5.09. The van der Waals surface area contributed by atoms with Crippen LogP contribution in [0.4, 0.5) is 0 Å². The largest absolute Gasteiger partial charge is 0.388 e. The van der Waals surface area contributed by atoms with Crippen molar-refractivity contribution in [2.75, 3.05) is 0 Å². The maximum Gasteiger partial charge on any atom is 0.0885 e. The highest BCUT2D eigenvalue weighted by atomic mass is 35.5. The van der Waals surface area contributed by atoms with Gasteiger partial charge < -0.3 is 5.11 Å². The first-order valence-electron chi connectivity index (χ1n) is 5.21. The first kappa shape index (κ1) is 11.6.